The number of halogens is 5. The van der Waals surface area contributed by atoms with Crippen LogP contribution in [0.15, 0.2) is 11.1 Å². The van der Waals surface area contributed by atoms with Crippen molar-refractivity contribution in [2.24, 2.45) is 5.14 Å². The molecule has 1 aromatic rings. The fourth-order valence-corrected chi connectivity index (χ4v) is 1.67. The largest absolute Gasteiger partial charge is 0.574 e. The molecular weight excluding hydrogens is 333 g/mol. The van der Waals surface area contributed by atoms with E-state index in [9.17, 15) is 40.5 Å². The third kappa shape index (κ3) is 4.19. The predicted molar refractivity (Wildman–Crippen MR) is 53.9 cm³/mol. The zero-order valence-electron chi connectivity index (χ0n) is 9.47. The van der Waals surface area contributed by atoms with Crippen molar-refractivity contribution in [2.45, 2.75) is 17.8 Å². The van der Waals surface area contributed by atoms with Crippen LogP contribution in [0.3, 0.4) is 0 Å². The first-order valence-corrected chi connectivity index (χ1v) is 6.13. The first-order valence-electron chi connectivity index (χ1n) is 4.59. The number of nitrogens with zero attached hydrogens (tertiary/aromatic N) is 2. The van der Waals surface area contributed by atoms with Crippen molar-refractivity contribution in [3.05, 3.63) is 21.7 Å². The molecule has 0 bridgehead atoms. The molecule has 0 aromatic carbocycles. The topological polar surface area (TPSA) is 125 Å². The second kappa shape index (κ2) is 5.36. The number of alkyl halides is 5. The second-order valence-corrected chi connectivity index (χ2v) is 4.86. The van der Waals surface area contributed by atoms with E-state index in [1.165, 1.54) is 0 Å². The third-order valence-electron chi connectivity index (χ3n) is 1.90. The highest BCUT2D eigenvalue weighted by Gasteiger charge is 2.38. The number of pyridine rings is 1. The summed E-state index contributed by atoms with van der Waals surface area (Å²) in [7, 11) is -4.79. The standard InChI is InChI=1S/C7H4F5N3O5S/c8-5(9)4-2(15(16)17)1-3(21(13,18)19)14-6(4)20-7(10,11)12/h1,5H,(H2,13,18,19). The summed E-state index contributed by atoms with van der Waals surface area (Å²) in [5.41, 5.74) is -3.44. The summed E-state index contributed by atoms with van der Waals surface area (Å²) in [6.45, 7) is 0. The molecular formula is C7H4F5N3O5S. The molecule has 0 aliphatic carbocycles. The number of nitro groups is 1. The van der Waals surface area contributed by atoms with Gasteiger partial charge in [-0.1, -0.05) is 0 Å². The highest BCUT2D eigenvalue weighted by Crippen LogP contribution is 2.38. The van der Waals surface area contributed by atoms with E-state index in [0.717, 1.165) is 0 Å². The van der Waals surface area contributed by atoms with Crippen LogP contribution in [0.1, 0.15) is 12.0 Å². The molecule has 14 heteroatoms. The summed E-state index contributed by atoms with van der Waals surface area (Å²) in [6.07, 6.45) is -9.30. The van der Waals surface area contributed by atoms with Gasteiger partial charge < -0.3 is 4.74 Å². The number of primary sulfonamides is 1. The number of aromatic nitrogens is 1. The van der Waals surface area contributed by atoms with Crippen LogP contribution in [0.2, 0.25) is 0 Å². The lowest BCUT2D eigenvalue weighted by molar-refractivity contribution is -0.386. The molecule has 0 atom stereocenters. The van der Waals surface area contributed by atoms with E-state index in [1.54, 1.807) is 0 Å². The van der Waals surface area contributed by atoms with Crippen LogP contribution in [0.25, 0.3) is 0 Å². The number of ether oxygens (including phenoxy) is 1. The van der Waals surface area contributed by atoms with Crippen LogP contribution >= 0.6 is 0 Å². The lowest BCUT2D eigenvalue weighted by Gasteiger charge is -2.12. The summed E-state index contributed by atoms with van der Waals surface area (Å²) in [5, 5.41) is 13.7. The van der Waals surface area contributed by atoms with Crippen LogP contribution in [-0.2, 0) is 10.0 Å². The zero-order chi connectivity index (χ0) is 16.6. The summed E-state index contributed by atoms with van der Waals surface area (Å²) in [5.74, 6) is -1.96. The molecule has 0 saturated heterocycles. The Kier molecular flexibility index (Phi) is 4.33. The molecule has 8 nitrogen and oxygen atoms in total. The Bertz CT molecular complexity index is 674. The van der Waals surface area contributed by atoms with Crippen molar-refractivity contribution < 1.29 is 40.0 Å². The van der Waals surface area contributed by atoms with E-state index < -0.39 is 49.9 Å². The Labute approximate surface area is 112 Å². The monoisotopic (exact) mass is 337 g/mol. The number of rotatable bonds is 4. The Morgan fingerprint density at radius 2 is 1.90 bits per heavy atom. The van der Waals surface area contributed by atoms with Gasteiger partial charge in [0.2, 0.25) is 5.88 Å². The number of sulfonamides is 1. The minimum atomic E-state index is -5.53. The van der Waals surface area contributed by atoms with Gasteiger partial charge in [-0.05, 0) is 0 Å². The lowest BCUT2D eigenvalue weighted by Crippen LogP contribution is -2.22. The minimum Gasteiger partial charge on any atom is -0.387 e. The smallest absolute Gasteiger partial charge is 0.387 e. The van der Waals surface area contributed by atoms with Gasteiger partial charge in [0.25, 0.3) is 22.1 Å². The van der Waals surface area contributed by atoms with E-state index in [-0.39, 0.29) is 6.07 Å². The van der Waals surface area contributed by atoms with Gasteiger partial charge in [0.1, 0.15) is 0 Å². The van der Waals surface area contributed by atoms with Crippen molar-refractivity contribution in [1.82, 2.24) is 4.98 Å². The van der Waals surface area contributed by atoms with Gasteiger partial charge in [0.15, 0.2) is 10.6 Å². The van der Waals surface area contributed by atoms with Crippen LogP contribution in [0.5, 0.6) is 5.88 Å². The molecule has 0 saturated carbocycles. The van der Waals surface area contributed by atoms with Gasteiger partial charge in [0.05, 0.1) is 11.0 Å². The maximum absolute atomic E-state index is 12.7. The number of nitrogens with two attached hydrogens (primary N) is 1. The van der Waals surface area contributed by atoms with Gasteiger partial charge in [-0.2, -0.15) is 4.98 Å². The Morgan fingerprint density at radius 1 is 1.38 bits per heavy atom. The van der Waals surface area contributed by atoms with Gasteiger partial charge in [-0.3, -0.25) is 10.1 Å². The highest BCUT2D eigenvalue weighted by atomic mass is 32.2. The van der Waals surface area contributed by atoms with Crippen LogP contribution in [0, 0.1) is 10.1 Å². The van der Waals surface area contributed by atoms with E-state index in [0.29, 0.717) is 0 Å². The minimum absolute atomic E-state index is 0.0139. The molecule has 118 valence electrons. The van der Waals surface area contributed by atoms with Gasteiger partial charge in [-0.25, -0.2) is 22.3 Å². The van der Waals surface area contributed by atoms with Gasteiger partial charge >= 0.3 is 6.36 Å². The average Bonchev–Trinajstić information content (AvgIpc) is 2.23. The normalized spacial score (nSPS) is 12.5. The average molecular weight is 337 g/mol. The van der Waals surface area contributed by atoms with E-state index in [1.807, 2.05) is 0 Å². The van der Waals surface area contributed by atoms with Gasteiger partial charge in [-0.15, -0.1) is 13.2 Å². The Balaban J connectivity index is 3.72. The fourth-order valence-electron chi connectivity index (χ4n) is 1.19. The zero-order valence-corrected chi connectivity index (χ0v) is 10.3. The molecule has 0 fully saturated rings. The van der Waals surface area contributed by atoms with Crippen LogP contribution in [-0.4, -0.2) is 24.7 Å². The Morgan fingerprint density at radius 3 is 2.24 bits per heavy atom. The summed E-state index contributed by atoms with van der Waals surface area (Å²) in [6, 6.07) is 0.0139. The van der Waals surface area contributed by atoms with Crippen molar-refractivity contribution in [3.63, 3.8) is 0 Å². The molecule has 1 rings (SSSR count). The van der Waals surface area contributed by atoms with Crippen molar-refractivity contribution in [3.8, 4) is 5.88 Å². The van der Waals surface area contributed by atoms with Crippen molar-refractivity contribution in [2.75, 3.05) is 0 Å². The lowest BCUT2D eigenvalue weighted by atomic mass is 10.2. The highest BCUT2D eigenvalue weighted by molar-refractivity contribution is 7.89. The second-order valence-electron chi connectivity index (χ2n) is 3.35. The van der Waals surface area contributed by atoms with E-state index in [4.69, 9.17) is 0 Å². The van der Waals surface area contributed by atoms with Crippen molar-refractivity contribution >= 4 is 15.7 Å². The Hall–Kier alpha value is -2.09. The molecule has 21 heavy (non-hydrogen) atoms. The molecule has 2 N–H and O–H groups in total. The fraction of sp³-hybridized carbons (Fsp3) is 0.286. The number of hydrogen-bond donors (Lipinski definition) is 1. The van der Waals surface area contributed by atoms with Gasteiger partial charge in [0, 0.05) is 0 Å². The molecule has 1 heterocycles. The van der Waals surface area contributed by atoms with Crippen molar-refractivity contribution in [1.29, 1.82) is 0 Å². The molecule has 0 unspecified atom stereocenters. The van der Waals surface area contributed by atoms with E-state index in [2.05, 4.69) is 14.9 Å². The first kappa shape index (κ1) is 17.0. The molecule has 0 aliphatic heterocycles. The maximum Gasteiger partial charge on any atom is 0.574 e. The maximum atomic E-state index is 12.7. The summed E-state index contributed by atoms with van der Waals surface area (Å²) >= 11 is 0. The summed E-state index contributed by atoms with van der Waals surface area (Å²) < 4.78 is 86.7. The van der Waals surface area contributed by atoms with Crippen LogP contribution < -0.4 is 9.88 Å². The molecule has 0 radical (unpaired) electrons. The molecule has 0 aliphatic rings. The number of hydrogen-bond acceptors (Lipinski definition) is 6. The first-order chi connectivity index (χ1) is 9.33. The van der Waals surface area contributed by atoms with Crippen LogP contribution in [0.4, 0.5) is 27.6 Å². The third-order valence-corrected chi connectivity index (χ3v) is 2.69. The summed E-state index contributed by atoms with van der Waals surface area (Å²) in [4.78, 5) is 11.7. The van der Waals surface area contributed by atoms with E-state index >= 15 is 0 Å². The molecule has 1 aromatic heterocycles. The quantitative estimate of drug-likeness (QED) is 0.504. The predicted octanol–water partition coefficient (Wildman–Crippen LogP) is 1.47. The molecule has 0 amide bonds. The SMILES string of the molecule is NS(=O)(=O)c1cc([N+](=O)[O-])c(C(F)F)c(OC(F)(F)F)n1. The molecule has 0 spiro atoms.